The van der Waals surface area contributed by atoms with Gasteiger partial charge in [0.25, 0.3) is 0 Å². The van der Waals surface area contributed by atoms with E-state index in [0.29, 0.717) is 17.9 Å². The zero-order valence-corrected chi connectivity index (χ0v) is 8.17. The van der Waals surface area contributed by atoms with Gasteiger partial charge in [-0.05, 0) is 19.1 Å². The lowest BCUT2D eigenvalue weighted by molar-refractivity contribution is 0.168. The molecule has 0 aromatic carbocycles. The van der Waals surface area contributed by atoms with Crippen LogP contribution in [0, 0.1) is 0 Å². The van der Waals surface area contributed by atoms with Crippen LogP contribution in [0.2, 0.25) is 0 Å². The average Bonchev–Trinajstić information content (AvgIpc) is 2.67. The van der Waals surface area contributed by atoms with Crippen LogP contribution in [0.5, 0.6) is 0 Å². The fourth-order valence-electron chi connectivity index (χ4n) is 1.22. The van der Waals surface area contributed by atoms with E-state index in [4.69, 9.17) is 4.74 Å². The second-order valence-electron chi connectivity index (χ2n) is 2.80. The van der Waals surface area contributed by atoms with Crippen LogP contribution in [0.15, 0.2) is 24.7 Å². The van der Waals surface area contributed by atoms with Gasteiger partial charge in [0.1, 0.15) is 6.33 Å². The molecule has 0 spiro atoms. The van der Waals surface area contributed by atoms with Crippen LogP contribution in [0.25, 0.3) is 5.65 Å². The third-order valence-electron chi connectivity index (χ3n) is 1.82. The lowest BCUT2D eigenvalue weighted by atomic mass is 10.4. The van der Waals surface area contributed by atoms with Crippen LogP contribution in [0.3, 0.4) is 0 Å². The van der Waals surface area contributed by atoms with E-state index in [1.165, 1.54) is 6.33 Å². The molecule has 78 valence electrons. The predicted octanol–water partition coefficient (Wildman–Crippen LogP) is 1.30. The highest BCUT2D eigenvalue weighted by molar-refractivity contribution is 5.89. The highest BCUT2D eigenvalue weighted by atomic mass is 16.5. The van der Waals surface area contributed by atoms with Crippen LogP contribution < -0.4 is 5.32 Å². The van der Waals surface area contributed by atoms with Crippen LogP contribution in [0.4, 0.5) is 10.5 Å². The molecule has 0 saturated carbocycles. The van der Waals surface area contributed by atoms with Crippen molar-refractivity contribution in [3.63, 3.8) is 0 Å². The largest absolute Gasteiger partial charge is 0.450 e. The second kappa shape index (κ2) is 3.95. The highest BCUT2D eigenvalue weighted by Crippen LogP contribution is 2.13. The molecule has 0 aliphatic heterocycles. The number of carbonyl (C=O) groups excluding carboxylic acids is 1. The molecule has 6 nitrogen and oxygen atoms in total. The Hall–Kier alpha value is -2.11. The summed E-state index contributed by atoms with van der Waals surface area (Å²) in [6.45, 7) is 2.08. The first-order valence-electron chi connectivity index (χ1n) is 4.53. The number of hydrogen-bond acceptors (Lipinski definition) is 4. The van der Waals surface area contributed by atoms with Crippen molar-refractivity contribution in [3.05, 3.63) is 24.7 Å². The first kappa shape index (κ1) is 9.45. The molecule has 2 rings (SSSR count). The van der Waals surface area contributed by atoms with Gasteiger partial charge in [-0.2, -0.15) is 5.10 Å². The maximum Gasteiger partial charge on any atom is 0.411 e. The maximum absolute atomic E-state index is 11.2. The van der Waals surface area contributed by atoms with Gasteiger partial charge in [0.15, 0.2) is 5.65 Å². The molecule has 0 unspecified atom stereocenters. The molecule has 6 heteroatoms. The minimum Gasteiger partial charge on any atom is -0.450 e. The average molecular weight is 206 g/mol. The quantitative estimate of drug-likeness (QED) is 0.804. The summed E-state index contributed by atoms with van der Waals surface area (Å²) in [5, 5.41) is 6.53. The lowest BCUT2D eigenvalue weighted by Gasteiger charge is -2.05. The number of ether oxygens (including phenoxy) is 1. The van der Waals surface area contributed by atoms with Crippen molar-refractivity contribution in [2.45, 2.75) is 6.92 Å². The normalized spacial score (nSPS) is 10.2. The van der Waals surface area contributed by atoms with Crippen molar-refractivity contribution >= 4 is 17.4 Å². The molecule has 0 fully saturated rings. The summed E-state index contributed by atoms with van der Waals surface area (Å²) in [7, 11) is 0. The summed E-state index contributed by atoms with van der Waals surface area (Å²) in [6.07, 6.45) is 2.68. The third-order valence-corrected chi connectivity index (χ3v) is 1.82. The van der Waals surface area contributed by atoms with Crippen LogP contribution in [-0.2, 0) is 4.74 Å². The minimum absolute atomic E-state index is 0.335. The predicted molar refractivity (Wildman–Crippen MR) is 53.6 cm³/mol. The van der Waals surface area contributed by atoms with Gasteiger partial charge in [-0.15, -0.1) is 0 Å². The third kappa shape index (κ3) is 1.88. The van der Waals surface area contributed by atoms with Gasteiger partial charge in [-0.1, -0.05) is 0 Å². The fourth-order valence-corrected chi connectivity index (χ4v) is 1.22. The number of fused-ring (bicyclic) bond motifs is 1. The van der Waals surface area contributed by atoms with Crippen LogP contribution in [0.1, 0.15) is 6.92 Å². The minimum atomic E-state index is -0.492. The fraction of sp³-hybridized carbons (Fsp3) is 0.222. The Kier molecular flexibility index (Phi) is 2.49. The number of nitrogens with zero attached hydrogens (tertiary/aromatic N) is 3. The molecule has 0 saturated heterocycles. The molecule has 0 aliphatic carbocycles. The first-order valence-corrected chi connectivity index (χ1v) is 4.53. The van der Waals surface area contributed by atoms with Gasteiger partial charge in [0.05, 0.1) is 12.3 Å². The van der Waals surface area contributed by atoms with E-state index in [1.54, 1.807) is 29.8 Å². The van der Waals surface area contributed by atoms with Gasteiger partial charge < -0.3 is 4.74 Å². The van der Waals surface area contributed by atoms with Gasteiger partial charge >= 0.3 is 6.09 Å². The molecule has 0 atom stereocenters. The van der Waals surface area contributed by atoms with E-state index < -0.39 is 6.09 Å². The topological polar surface area (TPSA) is 68.5 Å². The van der Waals surface area contributed by atoms with Gasteiger partial charge in [-0.25, -0.2) is 14.3 Å². The molecule has 2 aromatic rings. The maximum atomic E-state index is 11.2. The summed E-state index contributed by atoms with van der Waals surface area (Å²) in [5.74, 6) is 0. The Balaban J connectivity index is 2.27. The molecule has 0 aliphatic rings. The number of rotatable bonds is 2. The molecule has 0 bridgehead atoms. The Morgan fingerprint density at radius 3 is 3.33 bits per heavy atom. The molecule has 1 N–H and O–H groups in total. The zero-order valence-electron chi connectivity index (χ0n) is 8.17. The summed E-state index contributed by atoms with van der Waals surface area (Å²) >= 11 is 0. The Morgan fingerprint density at radius 1 is 1.67 bits per heavy atom. The van der Waals surface area contributed by atoms with Gasteiger partial charge in [0, 0.05) is 6.20 Å². The monoisotopic (exact) mass is 206 g/mol. The van der Waals surface area contributed by atoms with Gasteiger partial charge in [0.2, 0.25) is 0 Å². The second-order valence-corrected chi connectivity index (χ2v) is 2.80. The van der Waals surface area contributed by atoms with Gasteiger partial charge in [-0.3, -0.25) is 5.32 Å². The molecule has 0 radical (unpaired) electrons. The van der Waals surface area contributed by atoms with Crippen molar-refractivity contribution in [2.75, 3.05) is 11.9 Å². The number of anilines is 1. The number of nitrogens with one attached hydrogen (secondary N) is 1. The number of aromatic nitrogens is 3. The summed E-state index contributed by atoms with van der Waals surface area (Å²) in [4.78, 5) is 15.2. The molecule has 2 heterocycles. The number of amides is 1. The molecular formula is C9H10N4O2. The zero-order chi connectivity index (χ0) is 10.7. The molecule has 2 aromatic heterocycles. The molecular weight excluding hydrogens is 196 g/mol. The van der Waals surface area contributed by atoms with E-state index in [0.717, 1.165) is 0 Å². The number of hydrogen-bond donors (Lipinski definition) is 1. The number of carbonyl (C=O) groups is 1. The Bertz CT molecular complexity index is 480. The highest BCUT2D eigenvalue weighted by Gasteiger charge is 2.06. The Labute approximate surface area is 85.9 Å². The lowest BCUT2D eigenvalue weighted by Crippen LogP contribution is -2.14. The van der Waals surface area contributed by atoms with E-state index in [1.807, 2.05) is 0 Å². The van der Waals surface area contributed by atoms with Crippen molar-refractivity contribution < 1.29 is 9.53 Å². The van der Waals surface area contributed by atoms with E-state index >= 15 is 0 Å². The van der Waals surface area contributed by atoms with Crippen molar-refractivity contribution in [1.29, 1.82) is 0 Å². The molecule has 15 heavy (non-hydrogen) atoms. The number of pyridine rings is 1. The summed E-state index contributed by atoms with van der Waals surface area (Å²) in [5.41, 5.74) is 1.17. The summed E-state index contributed by atoms with van der Waals surface area (Å²) < 4.78 is 6.33. The summed E-state index contributed by atoms with van der Waals surface area (Å²) in [6, 6.07) is 3.50. The smallest absolute Gasteiger partial charge is 0.411 e. The van der Waals surface area contributed by atoms with E-state index in [-0.39, 0.29) is 0 Å². The molecule has 1 amide bonds. The van der Waals surface area contributed by atoms with Crippen molar-refractivity contribution in [2.24, 2.45) is 0 Å². The first-order chi connectivity index (χ1) is 7.31. The standard InChI is InChI=1S/C9H10N4O2/c1-2-15-9(14)12-7-4-3-5-13-8(7)10-6-11-13/h3-6H,2H2,1H3,(H,12,14). The Morgan fingerprint density at radius 2 is 2.53 bits per heavy atom. The van der Waals surface area contributed by atoms with Crippen LogP contribution in [-0.4, -0.2) is 27.3 Å². The SMILES string of the molecule is CCOC(=O)Nc1cccn2ncnc12. The van der Waals surface area contributed by atoms with Crippen molar-refractivity contribution in [1.82, 2.24) is 14.6 Å². The van der Waals surface area contributed by atoms with E-state index in [2.05, 4.69) is 15.4 Å². The van der Waals surface area contributed by atoms with Crippen LogP contribution >= 0.6 is 0 Å². The van der Waals surface area contributed by atoms with Crippen molar-refractivity contribution in [3.8, 4) is 0 Å². The van der Waals surface area contributed by atoms with E-state index in [9.17, 15) is 4.79 Å².